The molecule has 2 aromatic rings. The first-order chi connectivity index (χ1) is 15.4. The van der Waals surface area contributed by atoms with Crippen molar-refractivity contribution in [2.24, 2.45) is 0 Å². The number of hydrogen-bond donors (Lipinski definition) is 6. The van der Waals surface area contributed by atoms with Crippen molar-refractivity contribution in [2.45, 2.75) is 49.6 Å². The van der Waals surface area contributed by atoms with Crippen LogP contribution in [0, 0.1) is 0 Å². The lowest BCUT2D eigenvalue weighted by Gasteiger charge is -2.39. The number of aliphatic hydroxyl groups excluding tert-OH is 4. The van der Waals surface area contributed by atoms with Crippen molar-refractivity contribution >= 4 is 0 Å². The Bertz CT molecular complexity index is 919. The molecule has 1 fully saturated rings. The fraction of sp³-hybridized carbons (Fsp3) is 0.478. The largest absolute Gasteiger partial charge is 0.504 e. The van der Waals surface area contributed by atoms with Crippen molar-refractivity contribution in [3.63, 3.8) is 0 Å². The van der Waals surface area contributed by atoms with Crippen LogP contribution in [0.4, 0.5) is 0 Å². The van der Waals surface area contributed by atoms with Crippen molar-refractivity contribution in [2.75, 3.05) is 20.3 Å². The van der Waals surface area contributed by atoms with Crippen LogP contribution in [0.25, 0.3) is 0 Å². The molecule has 6 atom stereocenters. The number of aliphatic hydroxyl groups is 4. The molecule has 0 radical (unpaired) electrons. The number of hydrogen-bond acceptors (Lipinski definition) is 9. The summed E-state index contributed by atoms with van der Waals surface area (Å²) in [6.07, 6.45) is -5.07. The molecule has 0 saturated carbocycles. The highest BCUT2D eigenvalue weighted by atomic mass is 16.7. The molecule has 4 rings (SSSR count). The Morgan fingerprint density at radius 3 is 2.50 bits per heavy atom. The highest BCUT2D eigenvalue weighted by Gasteiger charge is 2.44. The van der Waals surface area contributed by atoms with Crippen molar-refractivity contribution in [1.82, 2.24) is 5.32 Å². The Kier molecular flexibility index (Phi) is 6.85. The van der Waals surface area contributed by atoms with Gasteiger partial charge >= 0.3 is 0 Å². The number of methoxy groups -OCH3 is 1. The first-order valence-corrected chi connectivity index (χ1v) is 10.6. The molecular weight excluding hydrogens is 418 g/mol. The van der Waals surface area contributed by atoms with Crippen LogP contribution in [0.2, 0.25) is 0 Å². The van der Waals surface area contributed by atoms with Gasteiger partial charge in [0.05, 0.1) is 13.7 Å². The van der Waals surface area contributed by atoms with Crippen molar-refractivity contribution in [3.05, 3.63) is 53.1 Å². The van der Waals surface area contributed by atoms with Crippen LogP contribution in [0.15, 0.2) is 36.4 Å². The summed E-state index contributed by atoms with van der Waals surface area (Å²) >= 11 is 0. The van der Waals surface area contributed by atoms with E-state index in [0.29, 0.717) is 17.9 Å². The van der Waals surface area contributed by atoms with Crippen LogP contribution >= 0.6 is 0 Å². The Balaban J connectivity index is 1.44. The van der Waals surface area contributed by atoms with E-state index in [0.717, 1.165) is 29.7 Å². The van der Waals surface area contributed by atoms with E-state index >= 15 is 0 Å². The standard InChI is InChI=1S/C23H29NO8/c1-30-18-9-13-6-7-24-16(15(13)10-17(18)26)8-12-2-4-14(5-3-12)31-23-22(29)21(28)20(27)19(11-25)32-23/h2-5,9-10,16,19-29H,6-8,11H2,1H3/t16-,19+,20+,21-,22+,23+/m1/s1. The summed E-state index contributed by atoms with van der Waals surface area (Å²) in [6.45, 7) is 0.310. The normalized spacial score (nSPS) is 29.9. The molecule has 174 valence electrons. The van der Waals surface area contributed by atoms with E-state index in [1.165, 1.54) is 7.11 Å². The van der Waals surface area contributed by atoms with E-state index in [4.69, 9.17) is 14.2 Å². The SMILES string of the molecule is COc1cc2c(cc1O)[C@@H](Cc1ccc(O[C@H]3O[C@@H](CO)[C@H](O)[C@@H](O)[C@@H]3O)cc1)NCC2. The number of phenols is 1. The summed E-state index contributed by atoms with van der Waals surface area (Å²) in [5, 5.41) is 52.9. The maximum Gasteiger partial charge on any atom is 0.229 e. The number of rotatable bonds is 6. The fourth-order valence-corrected chi connectivity index (χ4v) is 4.24. The lowest BCUT2D eigenvalue weighted by Crippen LogP contribution is -2.60. The summed E-state index contributed by atoms with van der Waals surface area (Å²) in [5.41, 5.74) is 3.22. The van der Waals surface area contributed by atoms with Crippen LogP contribution in [0.5, 0.6) is 17.2 Å². The Morgan fingerprint density at radius 2 is 1.81 bits per heavy atom. The van der Waals surface area contributed by atoms with Crippen LogP contribution < -0.4 is 14.8 Å². The topological polar surface area (TPSA) is 141 Å². The third-order valence-corrected chi connectivity index (χ3v) is 6.07. The van der Waals surface area contributed by atoms with Crippen LogP contribution in [0.3, 0.4) is 0 Å². The van der Waals surface area contributed by atoms with E-state index in [1.807, 2.05) is 18.2 Å². The number of ether oxygens (including phenoxy) is 3. The zero-order valence-electron chi connectivity index (χ0n) is 17.7. The summed E-state index contributed by atoms with van der Waals surface area (Å²) in [7, 11) is 1.54. The first kappa shape index (κ1) is 22.8. The second-order valence-electron chi connectivity index (χ2n) is 8.14. The van der Waals surface area contributed by atoms with Gasteiger partial charge in [0, 0.05) is 6.04 Å². The third kappa shape index (κ3) is 4.54. The van der Waals surface area contributed by atoms with Gasteiger partial charge in [-0.15, -0.1) is 0 Å². The van der Waals surface area contributed by atoms with Gasteiger partial charge in [0.25, 0.3) is 0 Å². The smallest absolute Gasteiger partial charge is 0.229 e. The minimum absolute atomic E-state index is 0.0350. The molecule has 2 aliphatic heterocycles. The van der Waals surface area contributed by atoms with Crippen LogP contribution in [-0.2, 0) is 17.6 Å². The molecule has 0 bridgehead atoms. The van der Waals surface area contributed by atoms with Gasteiger partial charge < -0.3 is 45.1 Å². The summed E-state index contributed by atoms with van der Waals surface area (Å²) in [6, 6.07) is 10.9. The molecular formula is C23H29NO8. The first-order valence-electron chi connectivity index (χ1n) is 10.6. The van der Waals surface area contributed by atoms with Crippen LogP contribution in [-0.4, -0.2) is 76.5 Å². The highest BCUT2D eigenvalue weighted by molar-refractivity contribution is 5.49. The molecule has 0 aliphatic carbocycles. The monoisotopic (exact) mass is 447 g/mol. The van der Waals surface area contributed by atoms with E-state index in [-0.39, 0.29) is 11.8 Å². The van der Waals surface area contributed by atoms with Gasteiger partial charge in [-0.3, -0.25) is 0 Å². The average molecular weight is 447 g/mol. The quantitative estimate of drug-likeness (QED) is 0.361. The molecule has 0 unspecified atom stereocenters. The van der Waals surface area contributed by atoms with Gasteiger partial charge in [-0.1, -0.05) is 12.1 Å². The number of benzene rings is 2. The average Bonchev–Trinajstić information content (AvgIpc) is 2.80. The zero-order valence-corrected chi connectivity index (χ0v) is 17.7. The van der Waals surface area contributed by atoms with Gasteiger partial charge in [-0.2, -0.15) is 0 Å². The lowest BCUT2D eigenvalue weighted by molar-refractivity contribution is -0.277. The predicted octanol–water partition coefficient (Wildman–Crippen LogP) is 0.00900. The predicted molar refractivity (Wildman–Crippen MR) is 114 cm³/mol. The van der Waals surface area contributed by atoms with Crippen molar-refractivity contribution < 1.29 is 39.7 Å². The van der Waals surface area contributed by atoms with Gasteiger partial charge in [0.1, 0.15) is 30.2 Å². The molecule has 9 nitrogen and oxygen atoms in total. The number of nitrogens with one attached hydrogen (secondary N) is 1. The minimum atomic E-state index is -1.49. The number of aromatic hydroxyl groups is 1. The molecule has 0 amide bonds. The van der Waals surface area contributed by atoms with E-state index in [1.54, 1.807) is 18.2 Å². The Labute approximate surface area is 185 Å². The number of fused-ring (bicyclic) bond motifs is 1. The third-order valence-electron chi connectivity index (χ3n) is 6.07. The second-order valence-corrected chi connectivity index (χ2v) is 8.14. The lowest BCUT2D eigenvalue weighted by atomic mass is 9.90. The molecule has 2 heterocycles. The maximum absolute atomic E-state index is 10.2. The zero-order chi connectivity index (χ0) is 22.8. The summed E-state index contributed by atoms with van der Waals surface area (Å²) in [5.74, 6) is 1.000. The van der Waals surface area contributed by atoms with Gasteiger partial charge in [0.2, 0.25) is 6.29 Å². The van der Waals surface area contributed by atoms with E-state index in [2.05, 4.69) is 5.32 Å². The Morgan fingerprint density at radius 1 is 1.06 bits per heavy atom. The molecule has 1 saturated heterocycles. The molecule has 9 heteroatoms. The van der Waals surface area contributed by atoms with Crippen molar-refractivity contribution in [1.29, 1.82) is 0 Å². The van der Waals surface area contributed by atoms with Gasteiger partial charge in [0.15, 0.2) is 11.5 Å². The summed E-state index contributed by atoms with van der Waals surface area (Å²) in [4.78, 5) is 0. The Hall–Kier alpha value is -2.40. The van der Waals surface area contributed by atoms with Gasteiger partial charge in [-0.05, 0) is 60.3 Å². The molecule has 2 aliphatic rings. The van der Waals surface area contributed by atoms with E-state index in [9.17, 15) is 25.5 Å². The minimum Gasteiger partial charge on any atom is -0.504 e. The highest BCUT2D eigenvalue weighted by Crippen LogP contribution is 2.35. The van der Waals surface area contributed by atoms with Crippen molar-refractivity contribution in [3.8, 4) is 17.2 Å². The second kappa shape index (κ2) is 9.62. The molecule has 0 aromatic heterocycles. The maximum atomic E-state index is 10.2. The van der Waals surface area contributed by atoms with E-state index < -0.39 is 37.3 Å². The molecule has 32 heavy (non-hydrogen) atoms. The van der Waals surface area contributed by atoms with Gasteiger partial charge in [-0.25, -0.2) is 0 Å². The molecule has 0 spiro atoms. The molecule has 2 aromatic carbocycles. The fourth-order valence-electron chi connectivity index (χ4n) is 4.24. The summed E-state index contributed by atoms with van der Waals surface area (Å²) < 4.78 is 16.2. The number of phenolic OH excluding ortho intramolecular Hbond substituents is 1. The van der Waals surface area contributed by atoms with Crippen LogP contribution in [0.1, 0.15) is 22.7 Å². The molecule has 6 N–H and O–H groups in total.